The number of hydrogen-bond acceptors (Lipinski definition) is 3. The van der Waals surface area contributed by atoms with Crippen molar-refractivity contribution in [3.8, 4) is 0 Å². The minimum atomic E-state index is 0.106. The van der Waals surface area contributed by atoms with Crippen molar-refractivity contribution >= 4 is 17.2 Å². The Morgan fingerprint density at radius 3 is 2.95 bits per heavy atom. The summed E-state index contributed by atoms with van der Waals surface area (Å²) < 4.78 is 0. The maximum absolute atomic E-state index is 12.1. The largest absolute Gasteiger partial charge is 0.351 e. The van der Waals surface area contributed by atoms with Crippen LogP contribution in [0.3, 0.4) is 0 Å². The first kappa shape index (κ1) is 14.5. The van der Waals surface area contributed by atoms with Gasteiger partial charge in [0.1, 0.15) is 0 Å². The monoisotopic (exact) mass is 280 g/mol. The molecule has 1 aliphatic rings. The second kappa shape index (κ2) is 7.65. The van der Waals surface area contributed by atoms with E-state index >= 15 is 0 Å². The normalized spacial score (nSPS) is 14.8. The van der Waals surface area contributed by atoms with Crippen molar-refractivity contribution in [2.75, 3.05) is 19.6 Å². The third kappa shape index (κ3) is 4.32. The molecule has 3 nitrogen and oxygen atoms in total. The molecule has 0 spiro atoms. The fraction of sp³-hybridized carbons (Fsp3) is 0.667. The molecule has 4 heteroatoms. The average Bonchev–Trinajstić information content (AvgIpc) is 2.70. The highest BCUT2D eigenvalue weighted by molar-refractivity contribution is 7.14. The van der Waals surface area contributed by atoms with E-state index in [0.717, 1.165) is 43.8 Å². The number of nitrogens with one attached hydrogen (secondary N) is 2. The SMILES string of the molecule is CCNCCCNC(=O)c1cc2c(s1)CCCCC2. The predicted octanol–water partition coefficient (Wildman–Crippen LogP) is 2.75. The average molecular weight is 280 g/mol. The van der Waals surface area contributed by atoms with Crippen LogP contribution in [-0.4, -0.2) is 25.5 Å². The quantitative estimate of drug-likeness (QED) is 0.621. The molecule has 1 amide bonds. The van der Waals surface area contributed by atoms with Crippen LogP contribution in [0, 0.1) is 0 Å². The van der Waals surface area contributed by atoms with Crippen molar-refractivity contribution in [1.29, 1.82) is 0 Å². The molecular formula is C15H24N2OS. The molecule has 0 atom stereocenters. The minimum Gasteiger partial charge on any atom is -0.351 e. The van der Waals surface area contributed by atoms with Crippen LogP contribution in [0.4, 0.5) is 0 Å². The van der Waals surface area contributed by atoms with E-state index < -0.39 is 0 Å². The summed E-state index contributed by atoms with van der Waals surface area (Å²) in [5.74, 6) is 0.106. The van der Waals surface area contributed by atoms with Crippen LogP contribution in [0.5, 0.6) is 0 Å². The number of hydrogen-bond donors (Lipinski definition) is 2. The van der Waals surface area contributed by atoms with Crippen molar-refractivity contribution in [2.24, 2.45) is 0 Å². The molecule has 1 aromatic heterocycles. The lowest BCUT2D eigenvalue weighted by molar-refractivity contribution is 0.0957. The molecule has 0 saturated heterocycles. The molecule has 0 aromatic carbocycles. The molecule has 106 valence electrons. The highest BCUT2D eigenvalue weighted by Gasteiger charge is 2.15. The van der Waals surface area contributed by atoms with Gasteiger partial charge >= 0.3 is 0 Å². The third-order valence-corrected chi connectivity index (χ3v) is 4.77. The third-order valence-electron chi connectivity index (χ3n) is 3.54. The van der Waals surface area contributed by atoms with Gasteiger partial charge in [-0.05, 0) is 56.8 Å². The first-order valence-corrected chi connectivity index (χ1v) is 8.23. The molecule has 0 bridgehead atoms. The van der Waals surface area contributed by atoms with Crippen molar-refractivity contribution in [3.05, 3.63) is 21.4 Å². The van der Waals surface area contributed by atoms with Crippen LogP contribution < -0.4 is 10.6 Å². The van der Waals surface area contributed by atoms with E-state index in [-0.39, 0.29) is 5.91 Å². The van der Waals surface area contributed by atoms with Crippen molar-refractivity contribution in [1.82, 2.24) is 10.6 Å². The van der Waals surface area contributed by atoms with Gasteiger partial charge in [0.15, 0.2) is 0 Å². The molecule has 0 saturated carbocycles. The summed E-state index contributed by atoms with van der Waals surface area (Å²) in [5, 5.41) is 6.27. The number of aryl methyl sites for hydroxylation is 2. The van der Waals surface area contributed by atoms with E-state index in [1.165, 1.54) is 29.7 Å². The summed E-state index contributed by atoms with van der Waals surface area (Å²) in [4.78, 5) is 14.4. The zero-order chi connectivity index (χ0) is 13.5. The number of amides is 1. The zero-order valence-electron chi connectivity index (χ0n) is 11.8. The molecule has 1 aromatic rings. The number of carbonyl (C=O) groups excluding carboxylic acids is 1. The Hall–Kier alpha value is -0.870. The molecule has 19 heavy (non-hydrogen) atoms. The van der Waals surface area contributed by atoms with E-state index in [4.69, 9.17) is 0 Å². The van der Waals surface area contributed by atoms with Crippen LogP contribution in [-0.2, 0) is 12.8 Å². The number of rotatable bonds is 6. The Morgan fingerprint density at radius 2 is 2.11 bits per heavy atom. The lowest BCUT2D eigenvalue weighted by Gasteiger charge is -2.03. The Labute approximate surface area is 119 Å². The molecule has 2 rings (SSSR count). The van der Waals surface area contributed by atoms with Gasteiger partial charge in [0, 0.05) is 11.4 Å². The molecule has 0 unspecified atom stereocenters. The van der Waals surface area contributed by atoms with E-state index in [2.05, 4.69) is 23.6 Å². The van der Waals surface area contributed by atoms with E-state index in [1.807, 2.05) is 0 Å². The fourth-order valence-corrected chi connectivity index (χ4v) is 3.63. The van der Waals surface area contributed by atoms with Crippen molar-refractivity contribution < 1.29 is 4.79 Å². The summed E-state index contributed by atoms with van der Waals surface area (Å²) in [6.45, 7) is 4.81. The minimum absolute atomic E-state index is 0.106. The summed E-state index contributed by atoms with van der Waals surface area (Å²) in [6, 6.07) is 2.12. The lowest BCUT2D eigenvalue weighted by atomic mass is 10.1. The topological polar surface area (TPSA) is 41.1 Å². The van der Waals surface area contributed by atoms with Gasteiger partial charge in [0.2, 0.25) is 0 Å². The van der Waals surface area contributed by atoms with Gasteiger partial charge in [-0.3, -0.25) is 4.79 Å². The zero-order valence-corrected chi connectivity index (χ0v) is 12.6. The number of thiophene rings is 1. The maximum atomic E-state index is 12.1. The molecule has 1 heterocycles. The highest BCUT2D eigenvalue weighted by atomic mass is 32.1. The molecular weight excluding hydrogens is 256 g/mol. The molecule has 1 aliphatic carbocycles. The van der Waals surface area contributed by atoms with Gasteiger partial charge in [0.05, 0.1) is 4.88 Å². The van der Waals surface area contributed by atoms with Crippen LogP contribution in [0.25, 0.3) is 0 Å². The molecule has 0 aliphatic heterocycles. The summed E-state index contributed by atoms with van der Waals surface area (Å²) in [5.41, 5.74) is 1.42. The van der Waals surface area contributed by atoms with Crippen LogP contribution in [0.15, 0.2) is 6.07 Å². The second-order valence-corrected chi connectivity index (χ2v) is 6.22. The lowest BCUT2D eigenvalue weighted by Crippen LogP contribution is -2.26. The van der Waals surface area contributed by atoms with Crippen LogP contribution in [0.1, 0.15) is 52.7 Å². The van der Waals surface area contributed by atoms with E-state index in [9.17, 15) is 4.79 Å². The van der Waals surface area contributed by atoms with Gasteiger partial charge in [-0.15, -0.1) is 11.3 Å². The van der Waals surface area contributed by atoms with Gasteiger partial charge < -0.3 is 10.6 Å². The predicted molar refractivity (Wildman–Crippen MR) is 81.1 cm³/mol. The first-order chi connectivity index (χ1) is 9.31. The summed E-state index contributed by atoms with van der Waals surface area (Å²) in [7, 11) is 0. The summed E-state index contributed by atoms with van der Waals surface area (Å²) in [6.07, 6.45) is 7.18. The highest BCUT2D eigenvalue weighted by Crippen LogP contribution is 2.28. The fourth-order valence-electron chi connectivity index (χ4n) is 2.46. The maximum Gasteiger partial charge on any atom is 0.261 e. The van der Waals surface area contributed by atoms with Crippen LogP contribution >= 0.6 is 11.3 Å². The smallest absolute Gasteiger partial charge is 0.261 e. The van der Waals surface area contributed by atoms with Crippen molar-refractivity contribution in [3.63, 3.8) is 0 Å². The van der Waals surface area contributed by atoms with E-state index in [1.54, 1.807) is 11.3 Å². The Kier molecular flexibility index (Phi) is 5.86. The Bertz CT molecular complexity index is 391. The van der Waals surface area contributed by atoms with Gasteiger partial charge in [-0.25, -0.2) is 0 Å². The Balaban J connectivity index is 1.82. The van der Waals surface area contributed by atoms with Gasteiger partial charge in [0.25, 0.3) is 5.91 Å². The molecule has 2 N–H and O–H groups in total. The second-order valence-electron chi connectivity index (χ2n) is 5.08. The molecule has 0 radical (unpaired) electrons. The van der Waals surface area contributed by atoms with Gasteiger partial charge in [-0.2, -0.15) is 0 Å². The first-order valence-electron chi connectivity index (χ1n) is 7.41. The van der Waals surface area contributed by atoms with Crippen LogP contribution in [0.2, 0.25) is 0 Å². The number of fused-ring (bicyclic) bond motifs is 1. The van der Waals surface area contributed by atoms with E-state index in [0.29, 0.717) is 0 Å². The van der Waals surface area contributed by atoms with Crippen molar-refractivity contribution in [2.45, 2.75) is 45.4 Å². The standard InChI is InChI=1S/C15H24N2OS/c1-2-16-9-6-10-17-15(18)14-11-12-7-4-3-5-8-13(12)19-14/h11,16H,2-10H2,1H3,(H,17,18). The molecule has 0 fully saturated rings. The number of carbonyl (C=O) groups is 1. The van der Waals surface area contributed by atoms with Gasteiger partial charge in [-0.1, -0.05) is 13.3 Å². The Morgan fingerprint density at radius 1 is 1.26 bits per heavy atom. The summed E-state index contributed by atoms with van der Waals surface area (Å²) >= 11 is 1.70.